The summed E-state index contributed by atoms with van der Waals surface area (Å²) in [5.74, 6) is 0.115. The summed E-state index contributed by atoms with van der Waals surface area (Å²) in [5.41, 5.74) is 2.75. The molecule has 24 heavy (non-hydrogen) atoms. The summed E-state index contributed by atoms with van der Waals surface area (Å²) in [6.07, 6.45) is 10.2. The van der Waals surface area contributed by atoms with E-state index in [2.05, 4.69) is 29.9 Å². The minimum atomic E-state index is 0.115. The van der Waals surface area contributed by atoms with Crippen molar-refractivity contribution in [3.8, 4) is 0 Å². The number of aliphatic hydroxyl groups excluding tert-OH is 1. The van der Waals surface area contributed by atoms with E-state index in [-0.39, 0.29) is 5.76 Å². The molecule has 0 radical (unpaired) electrons. The standard InChI is InChI=1S/C16H19N3O.2C2H6/c1-6-9-10-16(13(5)20)19-17-14(8-3)15(18-19)11-12(4)7-2;2*1-2/h6-11,20H,1-3H2,4-5H3;2*1-2H3/b10-9-,12-11-,16-13-;;. The maximum atomic E-state index is 9.73. The fraction of sp³-hybridized carbons (Fsp3) is 0.300. The van der Waals surface area contributed by atoms with Crippen LogP contribution in [-0.2, 0) is 0 Å². The molecule has 0 bridgehead atoms. The van der Waals surface area contributed by atoms with Gasteiger partial charge in [-0.1, -0.05) is 65.7 Å². The van der Waals surface area contributed by atoms with E-state index in [1.807, 2.05) is 40.7 Å². The molecule has 1 heterocycles. The quantitative estimate of drug-likeness (QED) is 0.510. The predicted molar refractivity (Wildman–Crippen MR) is 108 cm³/mol. The van der Waals surface area contributed by atoms with Crippen LogP contribution in [0.4, 0.5) is 0 Å². The third-order valence-electron chi connectivity index (χ3n) is 2.52. The lowest BCUT2D eigenvalue weighted by molar-refractivity contribution is 0.412. The Hall–Kier alpha value is -2.62. The zero-order chi connectivity index (χ0) is 19.1. The second-order valence-corrected chi connectivity index (χ2v) is 4.12. The third-order valence-corrected chi connectivity index (χ3v) is 2.52. The van der Waals surface area contributed by atoms with Gasteiger partial charge < -0.3 is 5.11 Å². The van der Waals surface area contributed by atoms with Gasteiger partial charge in [0.25, 0.3) is 0 Å². The highest BCUT2D eigenvalue weighted by Gasteiger charge is 2.10. The van der Waals surface area contributed by atoms with E-state index in [0.717, 1.165) is 5.57 Å². The van der Waals surface area contributed by atoms with Crippen LogP contribution in [-0.4, -0.2) is 20.1 Å². The molecule has 0 aliphatic rings. The summed E-state index contributed by atoms with van der Waals surface area (Å²) in [5, 5.41) is 18.4. The van der Waals surface area contributed by atoms with Crippen LogP contribution in [0.15, 0.2) is 55.4 Å². The van der Waals surface area contributed by atoms with Crippen molar-refractivity contribution in [3.63, 3.8) is 0 Å². The molecule has 0 aliphatic heterocycles. The van der Waals surface area contributed by atoms with Crippen LogP contribution in [0.1, 0.15) is 52.9 Å². The van der Waals surface area contributed by atoms with Gasteiger partial charge in [-0.05, 0) is 37.6 Å². The molecule has 0 aromatic carbocycles. The first kappa shape index (κ1) is 23.6. The van der Waals surface area contributed by atoms with Crippen LogP contribution in [0.3, 0.4) is 0 Å². The van der Waals surface area contributed by atoms with Gasteiger partial charge in [0, 0.05) is 0 Å². The average Bonchev–Trinajstić information content (AvgIpc) is 3.00. The van der Waals surface area contributed by atoms with Crippen LogP contribution in [0.5, 0.6) is 0 Å². The van der Waals surface area contributed by atoms with Gasteiger partial charge in [-0.15, -0.1) is 15.0 Å². The Morgan fingerprint density at radius 1 is 1.00 bits per heavy atom. The smallest absolute Gasteiger partial charge is 0.123 e. The van der Waals surface area contributed by atoms with Gasteiger partial charge in [-0.2, -0.15) is 0 Å². The van der Waals surface area contributed by atoms with Crippen LogP contribution in [0.25, 0.3) is 17.8 Å². The number of hydrogen-bond donors (Lipinski definition) is 1. The summed E-state index contributed by atoms with van der Waals surface area (Å²) in [6, 6.07) is 0. The summed E-state index contributed by atoms with van der Waals surface area (Å²) in [7, 11) is 0. The van der Waals surface area contributed by atoms with Crippen LogP contribution >= 0.6 is 0 Å². The second kappa shape index (κ2) is 14.0. The topological polar surface area (TPSA) is 50.9 Å². The second-order valence-electron chi connectivity index (χ2n) is 4.12. The van der Waals surface area contributed by atoms with Crippen LogP contribution < -0.4 is 0 Å². The van der Waals surface area contributed by atoms with E-state index in [1.165, 1.54) is 4.80 Å². The molecule has 0 atom stereocenters. The fourth-order valence-corrected chi connectivity index (χ4v) is 1.45. The Morgan fingerprint density at radius 2 is 1.54 bits per heavy atom. The van der Waals surface area contributed by atoms with E-state index >= 15 is 0 Å². The van der Waals surface area contributed by atoms with Gasteiger partial charge in [-0.3, -0.25) is 0 Å². The first-order valence-corrected chi connectivity index (χ1v) is 8.13. The zero-order valence-corrected chi connectivity index (χ0v) is 15.9. The minimum Gasteiger partial charge on any atom is -0.510 e. The van der Waals surface area contributed by atoms with Crippen molar-refractivity contribution in [1.82, 2.24) is 15.0 Å². The summed E-state index contributed by atoms with van der Waals surface area (Å²) in [6.45, 7) is 22.5. The zero-order valence-electron chi connectivity index (χ0n) is 15.9. The van der Waals surface area contributed by atoms with Gasteiger partial charge in [0.2, 0.25) is 0 Å². The summed E-state index contributed by atoms with van der Waals surface area (Å²) in [4.78, 5) is 1.37. The lowest BCUT2D eigenvalue weighted by atomic mass is 10.2. The fourth-order valence-electron chi connectivity index (χ4n) is 1.45. The SMILES string of the molecule is C=C/C=C\C(=C(/C)O)n1nc(C=C)c(/C=C(/C)C=C)n1.CC.CC. The average molecular weight is 329 g/mol. The predicted octanol–water partition coefficient (Wildman–Crippen LogP) is 6.05. The van der Waals surface area contributed by atoms with Crippen molar-refractivity contribution < 1.29 is 5.11 Å². The Labute approximate surface area is 146 Å². The molecule has 0 saturated heterocycles. The molecular formula is C20H31N3O. The highest BCUT2D eigenvalue weighted by molar-refractivity contribution is 5.63. The number of allylic oxidation sites excluding steroid dienone is 7. The van der Waals surface area contributed by atoms with Gasteiger partial charge in [-0.25, -0.2) is 0 Å². The summed E-state index contributed by atoms with van der Waals surface area (Å²) < 4.78 is 0. The number of rotatable bonds is 6. The molecule has 0 fully saturated rings. The van der Waals surface area contributed by atoms with Crippen molar-refractivity contribution in [1.29, 1.82) is 0 Å². The van der Waals surface area contributed by atoms with E-state index in [4.69, 9.17) is 0 Å². The van der Waals surface area contributed by atoms with Crippen molar-refractivity contribution in [2.24, 2.45) is 0 Å². The maximum Gasteiger partial charge on any atom is 0.123 e. The number of hydrogen-bond acceptors (Lipinski definition) is 3. The van der Waals surface area contributed by atoms with Gasteiger partial charge in [0.1, 0.15) is 22.8 Å². The molecule has 0 saturated carbocycles. The lowest BCUT2D eigenvalue weighted by Gasteiger charge is -2.01. The largest absolute Gasteiger partial charge is 0.510 e. The molecule has 132 valence electrons. The molecule has 1 rings (SSSR count). The molecule has 0 unspecified atom stereocenters. The first-order valence-electron chi connectivity index (χ1n) is 8.13. The molecule has 0 amide bonds. The van der Waals surface area contributed by atoms with E-state index in [0.29, 0.717) is 17.1 Å². The molecule has 0 spiro atoms. The minimum absolute atomic E-state index is 0.115. The normalized spacial score (nSPS) is 11.5. The molecule has 1 aromatic rings. The molecule has 4 heteroatoms. The molecule has 1 N–H and O–H groups in total. The van der Waals surface area contributed by atoms with Crippen LogP contribution in [0.2, 0.25) is 0 Å². The Bertz CT molecular complexity index is 613. The number of aliphatic hydroxyl groups is 1. The van der Waals surface area contributed by atoms with Gasteiger partial charge in [0.05, 0.1) is 0 Å². The third kappa shape index (κ3) is 7.58. The molecule has 1 aromatic heterocycles. The molecule has 0 aliphatic carbocycles. The lowest BCUT2D eigenvalue weighted by Crippen LogP contribution is -2.02. The Kier molecular flexibility index (Phi) is 13.8. The first-order chi connectivity index (χ1) is 11.5. The van der Waals surface area contributed by atoms with Gasteiger partial charge in [0.15, 0.2) is 0 Å². The van der Waals surface area contributed by atoms with E-state index in [1.54, 1.807) is 37.3 Å². The van der Waals surface area contributed by atoms with Crippen molar-refractivity contribution >= 4 is 17.8 Å². The number of aromatic nitrogens is 3. The van der Waals surface area contributed by atoms with Gasteiger partial charge >= 0.3 is 0 Å². The maximum absolute atomic E-state index is 9.73. The molecular weight excluding hydrogens is 298 g/mol. The van der Waals surface area contributed by atoms with E-state index in [9.17, 15) is 5.11 Å². The van der Waals surface area contributed by atoms with Crippen molar-refractivity contribution in [2.75, 3.05) is 0 Å². The molecule has 4 nitrogen and oxygen atoms in total. The van der Waals surface area contributed by atoms with E-state index < -0.39 is 0 Å². The Morgan fingerprint density at radius 3 is 1.96 bits per heavy atom. The highest BCUT2D eigenvalue weighted by Crippen LogP contribution is 2.15. The Balaban J connectivity index is 0. The monoisotopic (exact) mass is 329 g/mol. The highest BCUT2D eigenvalue weighted by atomic mass is 16.3. The summed E-state index contributed by atoms with van der Waals surface area (Å²) >= 11 is 0. The number of nitrogens with zero attached hydrogens (tertiary/aromatic N) is 3. The van der Waals surface area contributed by atoms with Crippen LogP contribution in [0, 0.1) is 0 Å². The van der Waals surface area contributed by atoms with Crippen molar-refractivity contribution in [3.05, 3.63) is 66.8 Å². The van der Waals surface area contributed by atoms with Crippen molar-refractivity contribution in [2.45, 2.75) is 41.5 Å².